The van der Waals surface area contributed by atoms with Gasteiger partial charge in [-0.05, 0) is 12.0 Å². The van der Waals surface area contributed by atoms with Crippen LogP contribution in [0.2, 0.25) is 0 Å². The van der Waals surface area contributed by atoms with Crippen molar-refractivity contribution in [2.24, 2.45) is 0 Å². The van der Waals surface area contributed by atoms with Crippen LogP contribution in [0.4, 0.5) is 0 Å². The van der Waals surface area contributed by atoms with E-state index in [4.69, 9.17) is 0 Å². The Morgan fingerprint density at radius 3 is 2.77 bits per heavy atom. The number of benzene rings is 1. The van der Waals surface area contributed by atoms with Crippen molar-refractivity contribution in [1.29, 1.82) is 0 Å². The summed E-state index contributed by atoms with van der Waals surface area (Å²) >= 11 is 0. The first-order valence-electron chi connectivity index (χ1n) is 7.76. The minimum Gasteiger partial charge on any atom is -0.341 e. The summed E-state index contributed by atoms with van der Waals surface area (Å²) in [5, 5.41) is 0. The van der Waals surface area contributed by atoms with Crippen LogP contribution in [0.1, 0.15) is 31.0 Å². The number of hydrogen-bond donors (Lipinski definition) is 0. The van der Waals surface area contributed by atoms with Crippen LogP contribution in [0.3, 0.4) is 0 Å². The quantitative estimate of drug-likeness (QED) is 0.871. The first-order chi connectivity index (χ1) is 10.7. The first kappa shape index (κ1) is 14.7. The van der Waals surface area contributed by atoms with Crippen LogP contribution in [-0.4, -0.2) is 33.9 Å². The molecule has 0 spiro atoms. The highest BCUT2D eigenvalue weighted by molar-refractivity contribution is 5.77. The number of likely N-dealkylation sites (tertiary alicyclic amines) is 1. The molecule has 0 radical (unpaired) electrons. The van der Waals surface area contributed by atoms with Gasteiger partial charge in [0, 0.05) is 49.9 Å². The van der Waals surface area contributed by atoms with Gasteiger partial charge in [0.2, 0.25) is 5.91 Å². The highest BCUT2D eigenvalue weighted by atomic mass is 16.2. The maximum atomic E-state index is 12.2. The minimum atomic E-state index is 0.0392. The van der Waals surface area contributed by atoms with E-state index in [1.807, 2.05) is 11.0 Å². The summed E-state index contributed by atoms with van der Waals surface area (Å²) < 4.78 is 0. The molecule has 1 atom stereocenters. The summed E-state index contributed by atoms with van der Waals surface area (Å²) in [7, 11) is 0. The third-order valence-electron chi connectivity index (χ3n) is 4.51. The van der Waals surface area contributed by atoms with Gasteiger partial charge in [0.1, 0.15) is 0 Å². The lowest BCUT2D eigenvalue weighted by atomic mass is 9.75. The zero-order valence-corrected chi connectivity index (χ0v) is 12.9. The molecule has 1 aliphatic heterocycles. The van der Waals surface area contributed by atoms with E-state index in [1.165, 1.54) is 5.56 Å². The molecule has 1 saturated heterocycles. The number of nitrogens with zero attached hydrogens (tertiary/aromatic N) is 3. The van der Waals surface area contributed by atoms with Crippen molar-refractivity contribution in [2.75, 3.05) is 13.1 Å². The second-order valence-corrected chi connectivity index (χ2v) is 6.19. The van der Waals surface area contributed by atoms with Crippen molar-refractivity contribution in [3.63, 3.8) is 0 Å². The third kappa shape index (κ3) is 3.16. The van der Waals surface area contributed by atoms with Crippen LogP contribution < -0.4 is 0 Å². The summed E-state index contributed by atoms with van der Waals surface area (Å²) in [6.07, 6.45) is 7.42. The van der Waals surface area contributed by atoms with Crippen molar-refractivity contribution in [2.45, 2.75) is 31.6 Å². The molecule has 1 fully saturated rings. The van der Waals surface area contributed by atoms with Gasteiger partial charge in [-0.1, -0.05) is 37.3 Å². The van der Waals surface area contributed by atoms with E-state index in [-0.39, 0.29) is 11.3 Å². The van der Waals surface area contributed by atoms with E-state index >= 15 is 0 Å². The van der Waals surface area contributed by atoms with Gasteiger partial charge in [0.25, 0.3) is 0 Å². The van der Waals surface area contributed by atoms with Gasteiger partial charge in [0.15, 0.2) is 0 Å². The standard InChI is InChI=1S/C18H21N3O/c1-18(15-5-3-2-4-6-15)9-7-17(22)21(14-18)12-8-16-13-19-10-11-20-16/h2-6,10-11,13H,7-9,12,14H2,1H3/t18-/m1/s1. The Hall–Kier alpha value is -2.23. The predicted octanol–water partition coefficient (Wildman–Crippen LogP) is 2.60. The van der Waals surface area contributed by atoms with E-state index in [1.54, 1.807) is 18.6 Å². The topological polar surface area (TPSA) is 46.1 Å². The normalized spacial score (nSPS) is 21.9. The van der Waals surface area contributed by atoms with Crippen molar-refractivity contribution >= 4 is 5.91 Å². The first-order valence-corrected chi connectivity index (χ1v) is 7.76. The molecular formula is C18H21N3O. The van der Waals surface area contributed by atoms with Crippen LogP contribution in [0.5, 0.6) is 0 Å². The average Bonchev–Trinajstić information content (AvgIpc) is 2.58. The molecule has 1 aromatic heterocycles. The number of aromatic nitrogens is 2. The van der Waals surface area contributed by atoms with Crippen molar-refractivity contribution < 1.29 is 4.79 Å². The average molecular weight is 295 g/mol. The number of carbonyl (C=O) groups excluding carboxylic acids is 1. The van der Waals surface area contributed by atoms with E-state index in [2.05, 4.69) is 41.2 Å². The molecule has 3 rings (SSSR count). The molecule has 1 aromatic carbocycles. The summed E-state index contributed by atoms with van der Waals surface area (Å²) in [4.78, 5) is 22.6. The Morgan fingerprint density at radius 1 is 1.23 bits per heavy atom. The lowest BCUT2D eigenvalue weighted by Crippen LogP contribution is -2.48. The van der Waals surface area contributed by atoms with Gasteiger partial charge in [-0.2, -0.15) is 0 Å². The molecule has 2 aromatic rings. The van der Waals surface area contributed by atoms with Gasteiger partial charge >= 0.3 is 0 Å². The zero-order valence-electron chi connectivity index (χ0n) is 12.9. The summed E-state index contributed by atoms with van der Waals surface area (Å²) in [5.41, 5.74) is 2.28. The van der Waals surface area contributed by atoms with Gasteiger partial charge in [0.05, 0.1) is 5.69 Å². The highest BCUT2D eigenvalue weighted by Crippen LogP contribution is 2.33. The summed E-state index contributed by atoms with van der Waals surface area (Å²) in [6.45, 7) is 3.74. The number of carbonyl (C=O) groups is 1. The molecule has 1 aliphatic rings. The molecule has 1 amide bonds. The van der Waals surface area contributed by atoms with Gasteiger partial charge < -0.3 is 4.90 Å². The van der Waals surface area contributed by atoms with E-state index in [9.17, 15) is 4.79 Å². The van der Waals surface area contributed by atoms with Crippen LogP contribution in [0.15, 0.2) is 48.9 Å². The maximum Gasteiger partial charge on any atom is 0.222 e. The van der Waals surface area contributed by atoms with Gasteiger partial charge in [-0.25, -0.2) is 0 Å². The molecule has 2 heterocycles. The SMILES string of the molecule is C[C@@]1(c2ccccc2)CCC(=O)N(CCc2cnccn2)C1. The van der Waals surface area contributed by atoms with E-state index in [0.717, 1.165) is 25.1 Å². The largest absolute Gasteiger partial charge is 0.341 e. The van der Waals surface area contributed by atoms with Crippen molar-refractivity contribution in [1.82, 2.24) is 14.9 Å². The fraction of sp³-hybridized carbons (Fsp3) is 0.389. The Morgan fingerprint density at radius 2 is 2.05 bits per heavy atom. The molecule has 114 valence electrons. The van der Waals surface area contributed by atoms with Crippen molar-refractivity contribution in [3.05, 3.63) is 60.2 Å². The number of piperidine rings is 1. The molecular weight excluding hydrogens is 274 g/mol. The molecule has 0 bridgehead atoms. The molecule has 0 aliphatic carbocycles. The van der Waals surface area contributed by atoms with E-state index in [0.29, 0.717) is 13.0 Å². The Labute approximate surface area is 131 Å². The fourth-order valence-corrected chi connectivity index (χ4v) is 3.12. The third-order valence-corrected chi connectivity index (χ3v) is 4.51. The molecule has 4 nitrogen and oxygen atoms in total. The maximum absolute atomic E-state index is 12.2. The molecule has 0 N–H and O–H groups in total. The fourth-order valence-electron chi connectivity index (χ4n) is 3.12. The monoisotopic (exact) mass is 295 g/mol. The smallest absolute Gasteiger partial charge is 0.222 e. The zero-order chi connectivity index (χ0) is 15.4. The Bertz CT molecular complexity index is 629. The highest BCUT2D eigenvalue weighted by Gasteiger charge is 2.35. The second-order valence-electron chi connectivity index (χ2n) is 6.19. The van der Waals surface area contributed by atoms with Crippen molar-refractivity contribution in [3.8, 4) is 0 Å². The molecule has 4 heteroatoms. The Kier molecular flexibility index (Phi) is 4.18. The molecule has 22 heavy (non-hydrogen) atoms. The Balaban J connectivity index is 1.70. The van der Waals surface area contributed by atoms with Crippen LogP contribution >= 0.6 is 0 Å². The molecule has 0 saturated carbocycles. The van der Waals surface area contributed by atoms with E-state index < -0.39 is 0 Å². The van der Waals surface area contributed by atoms with Gasteiger partial charge in [-0.3, -0.25) is 14.8 Å². The summed E-state index contributed by atoms with van der Waals surface area (Å²) in [6, 6.07) is 10.5. The number of rotatable bonds is 4. The van der Waals surface area contributed by atoms with Crippen LogP contribution in [-0.2, 0) is 16.6 Å². The second kappa shape index (κ2) is 6.26. The molecule has 0 unspecified atom stereocenters. The van der Waals surface area contributed by atoms with Crippen LogP contribution in [0.25, 0.3) is 0 Å². The van der Waals surface area contributed by atoms with Gasteiger partial charge in [-0.15, -0.1) is 0 Å². The lowest BCUT2D eigenvalue weighted by Gasteiger charge is -2.40. The van der Waals surface area contributed by atoms with Crippen LogP contribution in [0, 0.1) is 0 Å². The lowest BCUT2D eigenvalue weighted by molar-refractivity contribution is -0.135. The number of hydrogen-bond acceptors (Lipinski definition) is 3. The summed E-state index contributed by atoms with van der Waals surface area (Å²) in [5.74, 6) is 0.247. The number of amides is 1. The predicted molar refractivity (Wildman–Crippen MR) is 85.3 cm³/mol. The minimum absolute atomic E-state index is 0.0392.